The van der Waals surface area contributed by atoms with Gasteiger partial charge in [-0.15, -0.1) is 0 Å². The summed E-state index contributed by atoms with van der Waals surface area (Å²) in [5.41, 5.74) is 2.10. The zero-order valence-electron chi connectivity index (χ0n) is 15.4. The van der Waals surface area contributed by atoms with Crippen LogP contribution in [0.4, 0.5) is 0 Å². The summed E-state index contributed by atoms with van der Waals surface area (Å²) in [6.45, 7) is 11.2. The van der Waals surface area contributed by atoms with E-state index >= 15 is 0 Å². The van der Waals surface area contributed by atoms with E-state index in [1.54, 1.807) is 19.9 Å². The normalized spacial score (nSPS) is 44.1. The van der Waals surface area contributed by atoms with Crippen LogP contribution in [0.15, 0.2) is 34.9 Å². The van der Waals surface area contributed by atoms with Crippen LogP contribution < -0.4 is 0 Å². The number of aliphatic hydroxyl groups is 1. The summed E-state index contributed by atoms with van der Waals surface area (Å²) in [7, 11) is 0. The molecular weight excluding hydrogens is 336 g/mol. The lowest BCUT2D eigenvalue weighted by molar-refractivity contribution is -0.149. The second-order valence-electron chi connectivity index (χ2n) is 7.92. The Morgan fingerprint density at radius 3 is 2.81 bits per heavy atom. The molecule has 0 aromatic rings. The van der Waals surface area contributed by atoms with Crippen molar-refractivity contribution >= 4 is 11.9 Å². The topological polar surface area (TPSA) is 85.4 Å². The summed E-state index contributed by atoms with van der Waals surface area (Å²) in [4.78, 5) is 24.6. The molecule has 1 saturated carbocycles. The number of rotatable bonds is 2. The Kier molecular flexibility index (Phi) is 3.72. The first-order valence-electron chi connectivity index (χ1n) is 8.99. The molecular formula is C20H24O6. The van der Waals surface area contributed by atoms with Crippen molar-refractivity contribution in [3.63, 3.8) is 0 Å². The Bertz CT molecular complexity index is 777. The number of esters is 2. The largest absolute Gasteiger partial charge is 0.458 e. The molecule has 2 saturated heterocycles. The summed E-state index contributed by atoms with van der Waals surface area (Å²) >= 11 is 0. The first kappa shape index (κ1) is 17.5. The molecule has 0 unspecified atom stereocenters. The van der Waals surface area contributed by atoms with Crippen LogP contribution in [0.2, 0.25) is 0 Å². The smallest absolute Gasteiger partial charge is 0.334 e. The van der Waals surface area contributed by atoms with Crippen LogP contribution in [0, 0.1) is 11.8 Å². The van der Waals surface area contributed by atoms with E-state index in [0.29, 0.717) is 17.6 Å². The maximum Gasteiger partial charge on any atom is 0.334 e. The average Bonchev–Trinajstić information content (AvgIpc) is 3.15. The van der Waals surface area contributed by atoms with Gasteiger partial charge in [0.2, 0.25) is 0 Å². The molecule has 4 aliphatic rings. The fourth-order valence-electron chi connectivity index (χ4n) is 4.87. The number of epoxide rings is 1. The van der Waals surface area contributed by atoms with Crippen LogP contribution in [0.1, 0.15) is 34.1 Å². The van der Waals surface area contributed by atoms with Crippen molar-refractivity contribution in [2.24, 2.45) is 11.8 Å². The molecule has 0 amide bonds. The number of aliphatic hydroxyl groups excluding tert-OH is 1. The quantitative estimate of drug-likeness (QED) is 0.350. The second-order valence-corrected chi connectivity index (χ2v) is 7.92. The highest BCUT2D eigenvalue weighted by Crippen LogP contribution is 2.62. The van der Waals surface area contributed by atoms with Crippen LogP contribution in [0.25, 0.3) is 0 Å². The fourth-order valence-corrected chi connectivity index (χ4v) is 4.87. The molecule has 6 heteroatoms. The van der Waals surface area contributed by atoms with Crippen LogP contribution in [0.5, 0.6) is 0 Å². The first-order chi connectivity index (χ1) is 12.2. The molecule has 0 radical (unpaired) electrons. The van der Waals surface area contributed by atoms with E-state index in [0.717, 1.165) is 11.1 Å². The average molecular weight is 360 g/mol. The Hall–Kier alpha value is -1.92. The van der Waals surface area contributed by atoms with Gasteiger partial charge in [0, 0.05) is 17.6 Å². The number of hydrogen-bond donors (Lipinski definition) is 1. The minimum absolute atomic E-state index is 0.248. The van der Waals surface area contributed by atoms with Crippen molar-refractivity contribution in [2.45, 2.75) is 64.1 Å². The van der Waals surface area contributed by atoms with Crippen molar-refractivity contribution in [1.82, 2.24) is 0 Å². The van der Waals surface area contributed by atoms with Gasteiger partial charge in [0.15, 0.2) is 0 Å². The molecule has 7 atom stereocenters. The maximum atomic E-state index is 12.3. The van der Waals surface area contributed by atoms with E-state index in [1.807, 2.05) is 13.8 Å². The number of carbonyl (C=O) groups excluding carboxylic acids is 2. The third kappa shape index (κ3) is 2.18. The van der Waals surface area contributed by atoms with Crippen LogP contribution >= 0.6 is 0 Å². The third-order valence-corrected chi connectivity index (χ3v) is 6.45. The van der Waals surface area contributed by atoms with Gasteiger partial charge in [-0.25, -0.2) is 9.59 Å². The summed E-state index contributed by atoms with van der Waals surface area (Å²) in [6.07, 6.45) is 0.0335. The van der Waals surface area contributed by atoms with Gasteiger partial charge in [0.05, 0.1) is 11.8 Å². The summed E-state index contributed by atoms with van der Waals surface area (Å²) in [5, 5.41) is 10.7. The maximum absolute atomic E-state index is 12.3. The van der Waals surface area contributed by atoms with Crippen LogP contribution in [0.3, 0.4) is 0 Å². The van der Waals surface area contributed by atoms with Gasteiger partial charge in [0.1, 0.15) is 30.0 Å². The van der Waals surface area contributed by atoms with E-state index in [1.165, 1.54) is 0 Å². The third-order valence-electron chi connectivity index (χ3n) is 6.45. The molecule has 26 heavy (non-hydrogen) atoms. The molecule has 3 fully saturated rings. The highest BCUT2D eigenvalue weighted by molar-refractivity contribution is 5.92. The van der Waals surface area contributed by atoms with Gasteiger partial charge in [-0.3, -0.25) is 0 Å². The molecule has 0 aromatic carbocycles. The lowest BCUT2D eigenvalue weighted by Crippen LogP contribution is -2.40. The van der Waals surface area contributed by atoms with Gasteiger partial charge in [-0.05, 0) is 33.3 Å². The fraction of sp³-hybridized carbons (Fsp3) is 0.600. The molecule has 0 spiro atoms. The van der Waals surface area contributed by atoms with Crippen molar-refractivity contribution in [3.8, 4) is 0 Å². The van der Waals surface area contributed by atoms with Crippen molar-refractivity contribution in [2.75, 3.05) is 0 Å². The summed E-state index contributed by atoms with van der Waals surface area (Å²) < 4.78 is 17.2. The van der Waals surface area contributed by atoms with Gasteiger partial charge in [0.25, 0.3) is 0 Å². The van der Waals surface area contributed by atoms with Crippen molar-refractivity contribution in [3.05, 3.63) is 34.9 Å². The van der Waals surface area contributed by atoms with E-state index in [4.69, 9.17) is 14.2 Å². The summed E-state index contributed by atoms with van der Waals surface area (Å²) in [6, 6.07) is 0. The SMILES string of the molecule is C=C1C(=O)O[C@H]2[C@H]1[C@H](OC(=O)/C(C)=C\C)CC(C)=C1[C@@H](O)[C@H]3O[C@@]3(C)[C@@H]12. The minimum Gasteiger partial charge on any atom is -0.458 e. The van der Waals surface area contributed by atoms with E-state index in [9.17, 15) is 14.7 Å². The van der Waals surface area contributed by atoms with Crippen molar-refractivity contribution in [1.29, 1.82) is 0 Å². The number of ether oxygens (including phenoxy) is 3. The lowest BCUT2D eigenvalue weighted by Gasteiger charge is -2.30. The second kappa shape index (κ2) is 5.54. The van der Waals surface area contributed by atoms with Crippen molar-refractivity contribution < 1.29 is 28.9 Å². The molecule has 2 heterocycles. The molecule has 0 aromatic heterocycles. The number of fused-ring (bicyclic) bond motifs is 5. The van der Waals surface area contributed by atoms with E-state index in [-0.39, 0.29) is 12.0 Å². The lowest BCUT2D eigenvalue weighted by atomic mass is 9.80. The minimum atomic E-state index is -0.718. The van der Waals surface area contributed by atoms with Gasteiger partial charge >= 0.3 is 11.9 Å². The van der Waals surface area contributed by atoms with Crippen LogP contribution in [-0.2, 0) is 23.8 Å². The molecule has 2 aliphatic heterocycles. The number of hydrogen-bond acceptors (Lipinski definition) is 6. The predicted octanol–water partition coefficient (Wildman–Crippen LogP) is 1.83. The number of carbonyl (C=O) groups is 2. The zero-order chi connectivity index (χ0) is 19.0. The molecule has 6 nitrogen and oxygen atoms in total. The molecule has 4 rings (SSSR count). The predicted molar refractivity (Wildman–Crippen MR) is 91.9 cm³/mol. The summed E-state index contributed by atoms with van der Waals surface area (Å²) in [5.74, 6) is -1.58. The van der Waals surface area contributed by atoms with E-state index in [2.05, 4.69) is 6.58 Å². The van der Waals surface area contributed by atoms with Crippen LogP contribution in [-0.4, -0.2) is 47.1 Å². The monoisotopic (exact) mass is 360 g/mol. The van der Waals surface area contributed by atoms with Gasteiger partial charge < -0.3 is 19.3 Å². The Labute approximate surface area is 152 Å². The highest BCUT2D eigenvalue weighted by atomic mass is 16.6. The standard InChI is InChI=1S/C20H24O6/c1-6-8(2)18(22)24-11-7-9(3)12-14(20(5)17(26-20)15(12)21)16-13(11)10(4)19(23)25-16/h6,11,13-17,21H,4,7H2,1-3,5H3/b8-6-/t11-,13-,14+,15-,16+,17-,20+/m1/s1. The Morgan fingerprint density at radius 2 is 2.15 bits per heavy atom. The molecule has 140 valence electrons. The Balaban J connectivity index is 1.76. The highest BCUT2D eigenvalue weighted by Gasteiger charge is 2.73. The Morgan fingerprint density at radius 1 is 1.46 bits per heavy atom. The van der Waals surface area contributed by atoms with Gasteiger partial charge in [-0.2, -0.15) is 0 Å². The van der Waals surface area contributed by atoms with E-state index < -0.39 is 41.8 Å². The molecule has 2 aliphatic carbocycles. The van der Waals surface area contributed by atoms with Gasteiger partial charge in [-0.1, -0.05) is 18.2 Å². The molecule has 1 N–H and O–H groups in total. The first-order valence-corrected chi connectivity index (χ1v) is 8.99. The number of allylic oxidation sites excluding steroid dienone is 1. The molecule has 0 bridgehead atoms. The zero-order valence-corrected chi connectivity index (χ0v) is 15.4.